The van der Waals surface area contributed by atoms with Crippen molar-refractivity contribution in [1.29, 1.82) is 0 Å². The molecule has 0 saturated heterocycles. The topological polar surface area (TPSA) is 3.24 Å². The molecule has 10 rings (SSSR count). The van der Waals surface area contributed by atoms with E-state index >= 15 is 0 Å². The number of rotatable bonds is 5. The first-order chi connectivity index (χ1) is 24.3. The summed E-state index contributed by atoms with van der Waals surface area (Å²) in [5.74, 6) is 0. The van der Waals surface area contributed by atoms with Crippen molar-refractivity contribution in [1.82, 2.24) is 0 Å². The monoisotopic (exact) mass is 621 g/mol. The zero-order valence-electron chi connectivity index (χ0n) is 26.8. The second kappa shape index (κ2) is 11.1. The molecule has 0 fully saturated rings. The van der Waals surface area contributed by atoms with Crippen LogP contribution >= 0.6 is 0 Å². The fourth-order valence-corrected chi connectivity index (χ4v) is 7.68. The summed E-state index contributed by atoms with van der Waals surface area (Å²) in [7, 11) is 0. The van der Waals surface area contributed by atoms with Crippen molar-refractivity contribution in [3.05, 3.63) is 188 Å². The minimum Gasteiger partial charge on any atom is -0.309 e. The minimum atomic E-state index is 1.13. The Labute approximate surface area is 286 Å². The Kier molecular flexibility index (Phi) is 6.25. The van der Waals surface area contributed by atoms with Crippen LogP contribution in [-0.4, -0.2) is 0 Å². The lowest BCUT2D eigenvalue weighted by molar-refractivity contribution is 1.30. The molecule has 9 aromatic carbocycles. The van der Waals surface area contributed by atoms with Gasteiger partial charge in [0.2, 0.25) is 0 Å². The third-order valence-corrected chi connectivity index (χ3v) is 10.1. The lowest BCUT2D eigenvalue weighted by atomic mass is 9.76. The Morgan fingerprint density at radius 3 is 1.59 bits per heavy atom. The predicted molar refractivity (Wildman–Crippen MR) is 209 cm³/mol. The first kappa shape index (κ1) is 27.7. The second-order valence-corrected chi connectivity index (χ2v) is 13.0. The van der Waals surface area contributed by atoms with E-state index in [-0.39, 0.29) is 0 Å². The molecule has 0 aliphatic heterocycles. The molecule has 0 amide bonds. The van der Waals surface area contributed by atoms with Gasteiger partial charge in [-0.2, -0.15) is 0 Å². The average molecular weight is 622 g/mol. The molecule has 1 aliphatic rings. The van der Waals surface area contributed by atoms with E-state index < -0.39 is 0 Å². The maximum Gasteiger partial charge on any atom is 0.0624 e. The van der Waals surface area contributed by atoms with Gasteiger partial charge in [-0.1, -0.05) is 140 Å². The Morgan fingerprint density at radius 1 is 0.286 bits per heavy atom. The SMILES string of the molecule is c1ccc(-c2ccc(N(c3ccc4ccccc4c3)c3c4c(cc5ccccc35)-c3cc5ccc(-c6ccccc6)cc5cc3-4)cc2)cc1. The normalized spacial score (nSPS) is 11.7. The number of fused-ring (bicyclic) bond motifs is 7. The molecule has 0 heterocycles. The second-order valence-electron chi connectivity index (χ2n) is 13.0. The lowest BCUT2D eigenvalue weighted by Gasteiger charge is -2.35. The van der Waals surface area contributed by atoms with Crippen LogP contribution in [0.5, 0.6) is 0 Å². The zero-order valence-corrected chi connectivity index (χ0v) is 26.8. The summed E-state index contributed by atoms with van der Waals surface area (Å²) in [5, 5.41) is 7.47. The van der Waals surface area contributed by atoms with E-state index in [1.165, 1.54) is 82.5 Å². The van der Waals surface area contributed by atoms with Gasteiger partial charge in [0.1, 0.15) is 0 Å². The highest BCUT2D eigenvalue weighted by Gasteiger charge is 2.31. The van der Waals surface area contributed by atoms with Crippen LogP contribution in [0.15, 0.2) is 188 Å². The van der Waals surface area contributed by atoms with E-state index in [0.29, 0.717) is 0 Å². The summed E-state index contributed by atoms with van der Waals surface area (Å²) >= 11 is 0. The largest absolute Gasteiger partial charge is 0.309 e. The van der Waals surface area contributed by atoms with Gasteiger partial charge in [-0.25, -0.2) is 0 Å². The molecule has 0 atom stereocenters. The number of benzene rings is 9. The summed E-state index contributed by atoms with van der Waals surface area (Å²) in [5.41, 5.74) is 13.6. The maximum atomic E-state index is 2.48. The van der Waals surface area contributed by atoms with Crippen molar-refractivity contribution < 1.29 is 0 Å². The van der Waals surface area contributed by atoms with Gasteiger partial charge in [-0.15, -0.1) is 0 Å². The molecule has 0 radical (unpaired) electrons. The van der Waals surface area contributed by atoms with E-state index in [0.717, 1.165) is 11.4 Å². The van der Waals surface area contributed by atoms with E-state index in [4.69, 9.17) is 0 Å². The lowest BCUT2D eigenvalue weighted by Crippen LogP contribution is -2.15. The Morgan fingerprint density at radius 2 is 0.816 bits per heavy atom. The third-order valence-electron chi connectivity index (χ3n) is 10.1. The van der Waals surface area contributed by atoms with Crippen LogP contribution in [0.1, 0.15) is 0 Å². The van der Waals surface area contributed by atoms with E-state index in [1.54, 1.807) is 0 Å². The molecule has 0 bridgehead atoms. The molecule has 0 saturated carbocycles. The van der Waals surface area contributed by atoms with Gasteiger partial charge >= 0.3 is 0 Å². The molecular formula is C48H31N. The van der Waals surface area contributed by atoms with Crippen molar-refractivity contribution >= 4 is 49.4 Å². The van der Waals surface area contributed by atoms with Crippen molar-refractivity contribution in [2.75, 3.05) is 4.90 Å². The molecular weight excluding hydrogens is 591 g/mol. The summed E-state index contributed by atoms with van der Waals surface area (Å²) in [4.78, 5) is 2.48. The first-order valence-electron chi connectivity index (χ1n) is 16.9. The molecule has 1 nitrogen and oxygen atoms in total. The summed E-state index contributed by atoms with van der Waals surface area (Å²) < 4.78 is 0. The van der Waals surface area contributed by atoms with Crippen molar-refractivity contribution in [2.45, 2.75) is 0 Å². The fraction of sp³-hybridized carbons (Fsp3) is 0. The van der Waals surface area contributed by atoms with Crippen LogP contribution in [0.2, 0.25) is 0 Å². The smallest absolute Gasteiger partial charge is 0.0624 e. The quantitative estimate of drug-likeness (QED) is 0.185. The number of anilines is 3. The van der Waals surface area contributed by atoms with Crippen LogP contribution in [0, 0.1) is 0 Å². The predicted octanol–water partition coefficient (Wildman–Crippen LogP) is 13.6. The number of hydrogen-bond donors (Lipinski definition) is 0. The first-order valence-corrected chi connectivity index (χ1v) is 16.9. The molecule has 0 aromatic heterocycles. The number of nitrogens with zero attached hydrogens (tertiary/aromatic N) is 1. The highest BCUT2D eigenvalue weighted by Crippen LogP contribution is 2.58. The standard InChI is InChI=1S/C48H31N/c1-3-11-32(12-4-1)35-21-24-41(25-22-35)49(42-26-23-34-15-7-8-16-36(34)28-42)48-43-18-10-9-17-39(43)30-45-44-29-38-20-19-37(33-13-5-2-6-14-33)27-40(38)31-46(44)47(45)48/h1-31H. The molecule has 0 spiro atoms. The highest BCUT2D eigenvalue weighted by atomic mass is 15.1. The Balaban J connectivity index is 1.21. The van der Waals surface area contributed by atoms with Gasteiger partial charge < -0.3 is 4.90 Å². The van der Waals surface area contributed by atoms with Gasteiger partial charge in [0.05, 0.1) is 5.69 Å². The van der Waals surface area contributed by atoms with Crippen LogP contribution in [-0.2, 0) is 0 Å². The summed E-state index contributed by atoms with van der Waals surface area (Å²) in [6.45, 7) is 0. The van der Waals surface area contributed by atoms with Gasteiger partial charge in [-0.3, -0.25) is 0 Å². The van der Waals surface area contributed by atoms with E-state index in [9.17, 15) is 0 Å². The van der Waals surface area contributed by atoms with Gasteiger partial charge in [0, 0.05) is 22.3 Å². The summed E-state index contributed by atoms with van der Waals surface area (Å²) in [6.07, 6.45) is 0. The molecule has 1 aliphatic carbocycles. The van der Waals surface area contributed by atoms with Crippen molar-refractivity contribution in [3.63, 3.8) is 0 Å². The zero-order chi connectivity index (χ0) is 32.3. The molecule has 0 N–H and O–H groups in total. The highest BCUT2D eigenvalue weighted by molar-refractivity contribution is 6.20. The number of hydrogen-bond acceptors (Lipinski definition) is 1. The fourth-order valence-electron chi connectivity index (χ4n) is 7.68. The van der Waals surface area contributed by atoms with Crippen molar-refractivity contribution in [2.24, 2.45) is 0 Å². The average Bonchev–Trinajstić information content (AvgIpc) is 3.17. The van der Waals surface area contributed by atoms with Crippen molar-refractivity contribution in [3.8, 4) is 44.5 Å². The molecule has 1 heteroatoms. The molecule has 0 unspecified atom stereocenters. The van der Waals surface area contributed by atoms with Gasteiger partial charge in [0.25, 0.3) is 0 Å². The Hall–Kier alpha value is -6.44. The van der Waals surface area contributed by atoms with Crippen LogP contribution in [0.25, 0.3) is 76.8 Å². The van der Waals surface area contributed by atoms with E-state index in [2.05, 4.69) is 193 Å². The molecule has 9 aromatic rings. The minimum absolute atomic E-state index is 1.13. The van der Waals surface area contributed by atoms with Crippen LogP contribution in [0.3, 0.4) is 0 Å². The molecule has 228 valence electrons. The maximum absolute atomic E-state index is 2.48. The van der Waals surface area contributed by atoms with E-state index in [1.807, 2.05) is 0 Å². The van der Waals surface area contributed by atoms with Gasteiger partial charge in [-0.05, 0) is 114 Å². The van der Waals surface area contributed by atoms with Gasteiger partial charge in [0.15, 0.2) is 0 Å². The summed E-state index contributed by atoms with van der Waals surface area (Å²) in [6, 6.07) is 68.7. The third kappa shape index (κ3) is 4.55. The Bertz CT molecular complexity index is 2690. The van der Waals surface area contributed by atoms with Crippen LogP contribution in [0.4, 0.5) is 17.1 Å². The molecule has 49 heavy (non-hydrogen) atoms. The van der Waals surface area contributed by atoms with Crippen LogP contribution < -0.4 is 4.90 Å².